The van der Waals surface area contributed by atoms with Gasteiger partial charge in [0.15, 0.2) is 5.78 Å². The summed E-state index contributed by atoms with van der Waals surface area (Å²) in [5, 5.41) is 10.3. The lowest BCUT2D eigenvalue weighted by Crippen LogP contribution is -2.31. The fraction of sp³-hybridized carbons (Fsp3) is 0.281. The molecule has 0 saturated carbocycles. The zero-order valence-corrected chi connectivity index (χ0v) is 22.1. The second-order valence-electron chi connectivity index (χ2n) is 10.2. The van der Waals surface area contributed by atoms with Crippen LogP contribution in [-0.2, 0) is 13.5 Å². The van der Waals surface area contributed by atoms with E-state index in [2.05, 4.69) is 35.2 Å². The van der Waals surface area contributed by atoms with Crippen LogP contribution in [0.1, 0.15) is 62.5 Å². The summed E-state index contributed by atoms with van der Waals surface area (Å²) in [6, 6.07) is 14.1. The monoisotopic (exact) mass is 506 g/mol. The van der Waals surface area contributed by atoms with E-state index < -0.39 is 0 Å². The third-order valence-corrected chi connectivity index (χ3v) is 7.87. The van der Waals surface area contributed by atoms with Crippen LogP contribution in [-0.4, -0.2) is 33.3 Å². The van der Waals surface area contributed by atoms with Crippen LogP contribution < -0.4 is 0 Å². The number of nitriles is 1. The van der Waals surface area contributed by atoms with E-state index in [1.54, 1.807) is 36.5 Å². The number of aromatic nitrogens is 2. The number of fused-ring (bicyclic) bond motifs is 1. The smallest absolute Gasteiger partial charge is 0.167 e. The third-order valence-electron chi connectivity index (χ3n) is 7.87. The average Bonchev–Trinajstić information content (AvgIpc) is 3.27. The highest BCUT2D eigenvalue weighted by atomic mass is 19.1. The number of benzene rings is 2. The summed E-state index contributed by atoms with van der Waals surface area (Å²) >= 11 is 0. The predicted molar refractivity (Wildman–Crippen MR) is 148 cm³/mol. The van der Waals surface area contributed by atoms with E-state index in [9.17, 15) is 14.4 Å². The summed E-state index contributed by atoms with van der Waals surface area (Å²) in [7, 11) is 2.01. The lowest BCUT2D eigenvalue weighted by atomic mass is 9.87. The molecule has 192 valence electrons. The number of Topliss-reactive ketones (excluding diaryl/α,β-unsaturated/α-hetero) is 1. The van der Waals surface area contributed by atoms with Crippen molar-refractivity contribution in [3.63, 3.8) is 0 Å². The van der Waals surface area contributed by atoms with Gasteiger partial charge in [0.2, 0.25) is 0 Å². The van der Waals surface area contributed by atoms with Gasteiger partial charge in [-0.05, 0) is 73.1 Å². The molecule has 0 N–H and O–H groups in total. The van der Waals surface area contributed by atoms with Crippen LogP contribution in [0.2, 0.25) is 0 Å². The highest BCUT2D eigenvalue weighted by Crippen LogP contribution is 2.38. The largest absolute Gasteiger partial charge is 0.371 e. The number of halogens is 1. The Balaban J connectivity index is 1.38. The van der Waals surface area contributed by atoms with Crippen LogP contribution in [0.15, 0.2) is 61.4 Å². The summed E-state index contributed by atoms with van der Waals surface area (Å²) in [5.74, 6) is 0.0802. The van der Waals surface area contributed by atoms with Crippen molar-refractivity contribution in [3.8, 4) is 6.07 Å². The van der Waals surface area contributed by atoms with Crippen molar-refractivity contribution in [3.05, 3.63) is 106 Å². The second-order valence-corrected chi connectivity index (χ2v) is 10.2. The Labute approximate surface area is 222 Å². The van der Waals surface area contributed by atoms with Crippen LogP contribution in [0.3, 0.4) is 0 Å². The maximum Gasteiger partial charge on any atom is 0.167 e. The molecule has 0 spiro atoms. The first-order valence-corrected chi connectivity index (χ1v) is 12.9. The molecule has 4 aromatic rings. The summed E-state index contributed by atoms with van der Waals surface area (Å²) in [4.78, 5) is 20.0. The van der Waals surface area contributed by atoms with E-state index in [0.29, 0.717) is 22.6 Å². The molecule has 38 heavy (non-hydrogen) atoms. The zero-order valence-electron chi connectivity index (χ0n) is 22.1. The number of hydrogen-bond acceptors (Lipinski definition) is 4. The Kier molecular flexibility index (Phi) is 6.86. The molecule has 5 nitrogen and oxygen atoms in total. The minimum atomic E-state index is -0.227. The SMILES string of the molecule is C=C(c1c(C)cccc1F)N1CCC(c2cn(C)c3ncc(CC(=O)c4cccc(C#N)c4)c(C)c23)CC1. The summed E-state index contributed by atoms with van der Waals surface area (Å²) in [6.45, 7) is 9.82. The Morgan fingerprint density at radius 3 is 2.63 bits per heavy atom. The molecule has 1 fully saturated rings. The van der Waals surface area contributed by atoms with Gasteiger partial charge in [-0.15, -0.1) is 0 Å². The Hall–Kier alpha value is -4.24. The zero-order chi connectivity index (χ0) is 27.0. The van der Waals surface area contributed by atoms with Crippen molar-refractivity contribution in [1.82, 2.24) is 14.5 Å². The minimum absolute atomic E-state index is 0.0286. The van der Waals surface area contributed by atoms with Gasteiger partial charge in [-0.3, -0.25) is 4.79 Å². The number of carbonyl (C=O) groups is 1. The van der Waals surface area contributed by atoms with Gasteiger partial charge in [-0.2, -0.15) is 5.26 Å². The minimum Gasteiger partial charge on any atom is -0.371 e. The molecule has 2 aromatic carbocycles. The van der Waals surface area contributed by atoms with Crippen LogP contribution in [0.25, 0.3) is 16.7 Å². The summed E-state index contributed by atoms with van der Waals surface area (Å²) in [6.07, 6.45) is 6.06. The molecule has 0 amide bonds. The van der Waals surface area contributed by atoms with Crippen molar-refractivity contribution in [2.24, 2.45) is 7.05 Å². The molecular weight excluding hydrogens is 475 g/mol. The number of likely N-dealkylation sites (tertiary alicyclic amines) is 1. The fourth-order valence-electron chi connectivity index (χ4n) is 5.72. The number of aryl methyl sites for hydroxylation is 3. The van der Waals surface area contributed by atoms with Gasteiger partial charge in [0, 0.05) is 61.2 Å². The maximum absolute atomic E-state index is 14.6. The molecule has 1 saturated heterocycles. The third kappa shape index (κ3) is 4.61. The van der Waals surface area contributed by atoms with Gasteiger partial charge in [-0.1, -0.05) is 30.8 Å². The standard InChI is InChI=1S/C32H31FN4O/c1-20-7-5-10-28(33)30(20)22(3)37-13-11-24(12-14-37)27-19-36(4)32-31(27)21(2)26(18-35-32)16-29(38)25-9-6-8-23(15-25)17-34/h5-10,15,18-19,24H,3,11-14,16H2,1-2,4H3. The van der Waals surface area contributed by atoms with Crippen LogP contribution in [0, 0.1) is 31.0 Å². The van der Waals surface area contributed by atoms with Crippen molar-refractivity contribution < 1.29 is 9.18 Å². The van der Waals surface area contributed by atoms with E-state index in [0.717, 1.165) is 59.4 Å². The van der Waals surface area contributed by atoms with Gasteiger partial charge in [0.1, 0.15) is 11.5 Å². The Morgan fingerprint density at radius 1 is 1.18 bits per heavy atom. The predicted octanol–water partition coefficient (Wildman–Crippen LogP) is 6.48. The second kappa shape index (κ2) is 10.3. The molecule has 0 atom stereocenters. The average molecular weight is 507 g/mol. The molecule has 1 aliphatic heterocycles. The molecule has 6 heteroatoms. The van der Waals surface area contributed by atoms with Gasteiger partial charge < -0.3 is 9.47 Å². The van der Waals surface area contributed by atoms with E-state index in [-0.39, 0.29) is 18.0 Å². The van der Waals surface area contributed by atoms with Crippen LogP contribution in [0.5, 0.6) is 0 Å². The highest BCUT2D eigenvalue weighted by molar-refractivity contribution is 5.98. The van der Waals surface area contributed by atoms with Crippen LogP contribution >= 0.6 is 0 Å². The number of ketones is 1. The van der Waals surface area contributed by atoms with E-state index in [1.807, 2.05) is 20.0 Å². The number of piperidine rings is 1. The molecule has 3 heterocycles. The molecule has 5 rings (SSSR count). The topological polar surface area (TPSA) is 61.9 Å². The fourth-order valence-corrected chi connectivity index (χ4v) is 5.72. The van der Waals surface area contributed by atoms with Gasteiger partial charge in [0.25, 0.3) is 0 Å². The van der Waals surface area contributed by atoms with Gasteiger partial charge >= 0.3 is 0 Å². The molecule has 1 aliphatic rings. The number of hydrogen-bond donors (Lipinski definition) is 0. The number of pyridine rings is 1. The summed E-state index contributed by atoms with van der Waals surface area (Å²) in [5.41, 5.74) is 7.40. The van der Waals surface area contributed by atoms with Crippen molar-refractivity contribution in [2.75, 3.05) is 13.1 Å². The number of rotatable bonds is 6. The molecule has 0 radical (unpaired) electrons. The highest BCUT2D eigenvalue weighted by Gasteiger charge is 2.27. The molecule has 0 aliphatic carbocycles. The first kappa shape index (κ1) is 25.4. The molecule has 2 aromatic heterocycles. The van der Waals surface area contributed by atoms with E-state index in [4.69, 9.17) is 4.98 Å². The first-order valence-electron chi connectivity index (χ1n) is 12.9. The first-order chi connectivity index (χ1) is 18.3. The van der Waals surface area contributed by atoms with Gasteiger partial charge in [0.05, 0.1) is 11.6 Å². The normalized spacial score (nSPS) is 14.0. The van der Waals surface area contributed by atoms with E-state index in [1.165, 1.54) is 11.6 Å². The number of nitrogens with zero attached hydrogens (tertiary/aromatic N) is 4. The lowest BCUT2D eigenvalue weighted by Gasteiger charge is -2.35. The van der Waals surface area contributed by atoms with Crippen molar-refractivity contribution >= 4 is 22.5 Å². The quantitative estimate of drug-likeness (QED) is 0.281. The van der Waals surface area contributed by atoms with Gasteiger partial charge in [-0.25, -0.2) is 9.37 Å². The number of carbonyl (C=O) groups excluding carboxylic acids is 1. The van der Waals surface area contributed by atoms with Crippen LogP contribution in [0.4, 0.5) is 4.39 Å². The van der Waals surface area contributed by atoms with Crippen molar-refractivity contribution in [2.45, 2.75) is 39.0 Å². The maximum atomic E-state index is 14.6. The Morgan fingerprint density at radius 2 is 1.92 bits per heavy atom. The molecule has 0 unspecified atom stereocenters. The molecular formula is C32H31FN4O. The van der Waals surface area contributed by atoms with Crippen molar-refractivity contribution in [1.29, 1.82) is 5.26 Å². The lowest BCUT2D eigenvalue weighted by molar-refractivity contribution is 0.0992. The Bertz CT molecular complexity index is 1580. The summed E-state index contributed by atoms with van der Waals surface area (Å²) < 4.78 is 16.6. The molecule has 0 bridgehead atoms. The van der Waals surface area contributed by atoms with E-state index >= 15 is 0 Å².